The van der Waals surface area contributed by atoms with Crippen LogP contribution in [-0.2, 0) is 37.3 Å². The molecular weight excluding hydrogens is 906 g/mol. The number of ether oxygens (including phenoxy) is 1. The van der Waals surface area contributed by atoms with Crippen LogP contribution in [0.2, 0.25) is 0 Å². The average Bonchev–Trinajstić information content (AvgIpc) is 3.77. The molecule has 0 spiro atoms. The van der Waals surface area contributed by atoms with Gasteiger partial charge in [-0.2, -0.15) is 6.07 Å². The standard InChI is InChI=1S/C52H47N5O.Pt/c1-50(2,3)37-26-38(51(4,5)6)28-39(27-37)55-34-56(47-21-15-14-20-46(47)55)40-30-42(33-53-32-40)58-41-22-23-44-43-18-12-13-19-45(43)57(48(44)31-41)49-29-36(24-25-54-49)52(7,8)35-16-10-9-11-17-35;/h9-29,32-33H,1-8H3;/q-2;. The van der Waals surface area contributed by atoms with Gasteiger partial charge in [0, 0.05) is 49.7 Å². The summed E-state index contributed by atoms with van der Waals surface area (Å²) in [6, 6.07) is 49.7. The Hall–Kier alpha value is -5.84. The molecule has 0 saturated heterocycles. The molecule has 0 saturated carbocycles. The molecular formula is C52H47N5OPt-2. The average molecular weight is 953 g/mol. The molecule has 298 valence electrons. The fourth-order valence-electron chi connectivity index (χ4n) is 7.81. The molecule has 0 aliphatic heterocycles. The molecule has 9 aromatic rings. The number of imidazole rings is 1. The summed E-state index contributed by atoms with van der Waals surface area (Å²) < 4.78 is 12.9. The molecule has 0 bridgehead atoms. The number of nitrogens with zero attached hydrogens (tertiary/aromatic N) is 5. The summed E-state index contributed by atoms with van der Waals surface area (Å²) >= 11 is 0. The zero-order chi connectivity index (χ0) is 40.4. The van der Waals surface area contributed by atoms with Gasteiger partial charge in [0.05, 0.1) is 16.7 Å². The van der Waals surface area contributed by atoms with Crippen molar-refractivity contribution in [1.82, 2.24) is 19.1 Å². The van der Waals surface area contributed by atoms with Crippen LogP contribution >= 0.6 is 0 Å². The van der Waals surface area contributed by atoms with Gasteiger partial charge in [0.25, 0.3) is 6.33 Å². The fourth-order valence-corrected chi connectivity index (χ4v) is 7.81. The Kier molecular flexibility index (Phi) is 10.2. The van der Waals surface area contributed by atoms with Crippen molar-refractivity contribution in [1.29, 1.82) is 0 Å². The minimum absolute atomic E-state index is 0. The summed E-state index contributed by atoms with van der Waals surface area (Å²) in [6.07, 6.45) is 9.04. The van der Waals surface area contributed by atoms with Crippen LogP contribution in [0.3, 0.4) is 0 Å². The van der Waals surface area contributed by atoms with Crippen molar-refractivity contribution in [3.63, 3.8) is 0 Å². The van der Waals surface area contributed by atoms with E-state index in [1.165, 1.54) is 22.3 Å². The molecule has 9 rings (SSSR count). The Morgan fingerprint density at radius 1 is 0.593 bits per heavy atom. The van der Waals surface area contributed by atoms with Gasteiger partial charge in [0.15, 0.2) is 0 Å². The molecule has 0 radical (unpaired) electrons. The van der Waals surface area contributed by atoms with E-state index in [1.54, 1.807) is 12.4 Å². The van der Waals surface area contributed by atoms with Gasteiger partial charge in [-0.25, -0.2) is 4.98 Å². The molecule has 4 heterocycles. The Morgan fingerprint density at radius 3 is 2.00 bits per heavy atom. The molecule has 4 aromatic heterocycles. The van der Waals surface area contributed by atoms with E-state index >= 15 is 0 Å². The van der Waals surface area contributed by atoms with Gasteiger partial charge < -0.3 is 18.9 Å². The second-order valence-corrected chi connectivity index (χ2v) is 17.7. The number of hydrogen-bond acceptors (Lipinski definition) is 3. The van der Waals surface area contributed by atoms with Crippen LogP contribution < -0.4 is 9.30 Å². The van der Waals surface area contributed by atoms with Gasteiger partial charge in [-0.15, -0.1) is 23.6 Å². The maximum atomic E-state index is 6.54. The fraction of sp³-hybridized carbons (Fsp3) is 0.212. The smallest absolute Gasteiger partial charge is 0.268 e. The molecule has 0 aliphatic rings. The molecule has 0 aliphatic carbocycles. The largest absolute Gasteiger partial charge is 0.508 e. The van der Waals surface area contributed by atoms with Crippen molar-refractivity contribution >= 4 is 32.8 Å². The molecule has 0 atom stereocenters. The monoisotopic (exact) mass is 952 g/mol. The van der Waals surface area contributed by atoms with Gasteiger partial charge in [0.1, 0.15) is 5.82 Å². The first-order chi connectivity index (χ1) is 27.8. The number of hydrogen-bond donors (Lipinski definition) is 0. The predicted octanol–water partition coefficient (Wildman–Crippen LogP) is 11.9. The summed E-state index contributed by atoms with van der Waals surface area (Å²) in [5.41, 5.74) is 10.4. The zero-order valence-electron chi connectivity index (χ0n) is 34.7. The van der Waals surface area contributed by atoms with Crippen LogP contribution in [0, 0.1) is 18.5 Å². The summed E-state index contributed by atoms with van der Waals surface area (Å²) in [5.74, 6) is 1.85. The van der Waals surface area contributed by atoms with Gasteiger partial charge >= 0.3 is 0 Å². The number of fused-ring (bicyclic) bond motifs is 4. The second-order valence-electron chi connectivity index (χ2n) is 17.7. The first-order valence-corrected chi connectivity index (χ1v) is 19.9. The van der Waals surface area contributed by atoms with E-state index in [9.17, 15) is 0 Å². The molecule has 0 unspecified atom stereocenters. The molecule has 6 nitrogen and oxygen atoms in total. The quantitative estimate of drug-likeness (QED) is 0.118. The predicted molar refractivity (Wildman–Crippen MR) is 234 cm³/mol. The minimum atomic E-state index is -0.225. The van der Waals surface area contributed by atoms with E-state index in [0.717, 1.165) is 44.3 Å². The third-order valence-electron chi connectivity index (χ3n) is 11.3. The van der Waals surface area contributed by atoms with Crippen LogP contribution in [0.4, 0.5) is 0 Å². The maximum Gasteiger partial charge on any atom is 0.268 e. The normalized spacial score (nSPS) is 12.3. The molecule has 0 amide bonds. The van der Waals surface area contributed by atoms with Crippen molar-refractivity contribution in [2.75, 3.05) is 0 Å². The van der Waals surface area contributed by atoms with E-state index < -0.39 is 0 Å². The number of benzene rings is 5. The molecule has 0 N–H and O–H groups in total. The zero-order valence-corrected chi connectivity index (χ0v) is 37.0. The van der Waals surface area contributed by atoms with E-state index in [0.29, 0.717) is 17.2 Å². The van der Waals surface area contributed by atoms with Gasteiger partial charge in [-0.05, 0) is 80.7 Å². The summed E-state index contributed by atoms with van der Waals surface area (Å²) in [5, 5.41) is 2.19. The third-order valence-corrected chi connectivity index (χ3v) is 11.3. The molecule has 7 heteroatoms. The number of aromatic nitrogens is 5. The van der Waals surface area contributed by atoms with Crippen LogP contribution in [0.1, 0.15) is 77.6 Å². The number of para-hydroxylation sites is 3. The summed E-state index contributed by atoms with van der Waals surface area (Å²) in [6.45, 7) is 18.1. The van der Waals surface area contributed by atoms with E-state index in [1.807, 2.05) is 22.9 Å². The molecule has 0 fully saturated rings. The van der Waals surface area contributed by atoms with Gasteiger partial charge in [-0.1, -0.05) is 146 Å². The van der Waals surface area contributed by atoms with Crippen molar-refractivity contribution in [3.05, 3.63) is 181 Å². The topological polar surface area (TPSA) is 48.8 Å². The SMILES string of the molecule is CC(C)(C)c1cc(-[n+]2[c-]n(-c3[c-]c(Oc4[c-]c5c(cc4)c4ccccc4n5-c4cc(C(C)(C)c5ccccc5)ccn4)cnc3)c3ccccc32)cc(C(C)(C)C)c1.[Pt]. The van der Waals surface area contributed by atoms with Gasteiger partial charge in [0.2, 0.25) is 0 Å². The number of pyridine rings is 2. The van der Waals surface area contributed by atoms with E-state index in [4.69, 9.17) is 9.72 Å². The van der Waals surface area contributed by atoms with Gasteiger partial charge in [-0.3, -0.25) is 4.57 Å². The Labute approximate surface area is 361 Å². The first kappa shape index (κ1) is 40.0. The minimum Gasteiger partial charge on any atom is -0.508 e. The van der Waals surface area contributed by atoms with Crippen LogP contribution in [0.15, 0.2) is 140 Å². The Balaban J connectivity index is 0.00000484. The molecule has 5 aromatic carbocycles. The first-order valence-electron chi connectivity index (χ1n) is 19.9. The van der Waals surface area contributed by atoms with Crippen molar-refractivity contribution in [2.24, 2.45) is 0 Å². The summed E-state index contributed by atoms with van der Waals surface area (Å²) in [4.78, 5) is 9.53. The van der Waals surface area contributed by atoms with Crippen LogP contribution in [-0.4, -0.2) is 19.1 Å². The third kappa shape index (κ3) is 7.40. The maximum absolute atomic E-state index is 6.54. The van der Waals surface area contributed by atoms with Crippen molar-refractivity contribution in [3.8, 4) is 28.7 Å². The van der Waals surface area contributed by atoms with Crippen LogP contribution in [0.5, 0.6) is 11.5 Å². The second kappa shape index (κ2) is 15.1. The Bertz CT molecular complexity index is 2950. The van der Waals surface area contributed by atoms with Crippen molar-refractivity contribution in [2.45, 2.75) is 71.6 Å². The molecule has 59 heavy (non-hydrogen) atoms. The summed E-state index contributed by atoms with van der Waals surface area (Å²) in [7, 11) is 0. The van der Waals surface area contributed by atoms with Crippen molar-refractivity contribution < 1.29 is 30.4 Å². The van der Waals surface area contributed by atoms with Crippen LogP contribution in [0.25, 0.3) is 50.0 Å². The van der Waals surface area contributed by atoms with E-state index in [-0.39, 0.29) is 37.3 Å². The number of rotatable bonds is 7. The Morgan fingerprint density at radius 2 is 1.27 bits per heavy atom. The van der Waals surface area contributed by atoms with E-state index in [2.05, 4.69) is 197 Å².